The summed E-state index contributed by atoms with van der Waals surface area (Å²) in [6.45, 7) is 2.44. The topological polar surface area (TPSA) is 66.9 Å². The van der Waals surface area contributed by atoms with Crippen LogP contribution in [0.4, 0.5) is 15.9 Å². The second-order valence-electron chi connectivity index (χ2n) is 6.14. The molecule has 1 amide bonds. The van der Waals surface area contributed by atoms with E-state index in [4.69, 9.17) is 0 Å². The van der Waals surface area contributed by atoms with Crippen molar-refractivity contribution in [3.8, 4) is 0 Å². The van der Waals surface area contributed by atoms with Gasteiger partial charge in [0.15, 0.2) is 0 Å². The van der Waals surface area contributed by atoms with Crippen LogP contribution in [0.1, 0.15) is 28.3 Å². The van der Waals surface area contributed by atoms with E-state index in [-0.39, 0.29) is 11.4 Å². The van der Waals surface area contributed by atoms with Gasteiger partial charge in [-0.1, -0.05) is 42.5 Å². The number of para-hydroxylation sites is 1. The fourth-order valence-electron chi connectivity index (χ4n) is 2.68. The Morgan fingerprint density at radius 3 is 2.56 bits per heavy atom. The van der Waals surface area contributed by atoms with Gasteiger partial charge in [0.05, 0.1) is 5.69 Å². The Labute approximate surface area is 157 Å². The van der Waals surface area contributed by atoms with Crippen LogP contribution in [0.5, 0.6) is 0 Å². The SMILES string of the molecule is Cc1nc(NCCCc2ccccc2)cc(C(=O)Nc2ccccc2F)n1. The minimum Gasteiger partial charge on any atom is -0.370 e. The molecular formula is C21H21FN4O. The molecular weight excluding hydrogens is 343 g/mol. The van der Waals surface area contributed by atoms with Gasteiger partial charge in [-0.2, -0.15) is 0 Å². The lowest BCUT2D eigenvalue weighted by molar-refractivity contribution is 0.102. The van der Waals surface area contributed by atoms with E-state index >= 15 is 0 Å². The predicted octanol–water partition coefficient (Wildman–Crippen LogP) is 4.22. The molecule has 2 N–H and O–H groups in total. The molecule has 27 heavy (non-hydrogen) atoms. The van der Waals surface area contributed by atoms with E-state index in [1.54, 1.807) is 25.1 Å². The summed E-state index contributed by atoms with van der Waals surface area (Å²) in [5.74, 6) is 0.0878. The Kier molecular flexibility index (Phi) is 6.10. The highest BCUT2D eigenvalue weighted by Crippen LogP contribution is 2.15. The first-order valence-corrected chi connectivity index (χ1v) is 8.81. The number of halogens is 1. The van der Waals surface area contributed by atoms with Gasteiger partial charge in [-0.3, -0.25) is 4.79 Å². The van der Waals surface area contributed by atoms with Crippen LogP contribution in [0.25, 0.3) is 0 Å². The van der Waals surface area contributed by atoms with Crippen LogP contribution < -0.4 is 10.6 Å². The lowest BCUT2D eigenvalue weighted by Crippen LogP contribution is -2.16. The predicted molar refractivity (Wildman–Crippen MR) is 104 cm³/mol. The number of nitrogens with zero attached hydrogens (tertiary/aromatic N) is 2. The molecule has 2 aromatic carbocycles. The molecule has 0 saturated heterocycles. The van der Waals surface area contributed by atoms with Crippen molar-refractivity contribution in [2.24, 2.45) is 0 Å². The standard InChI is InChI=1S/C21H21FN4O/c1-15-24-19(21(27)26-18-12-6-5-11-17(18)22)14-20(25-15)23-13-7-10-16-8-3-2-4-9-16/h2-6,8-9,11-12,14H,7,10,13H2,1H3,(H,26,27)(H,23,24,25). The third-order valence-electron chi connectivity index (χ3n) is 3.98. The fraction of sp³-hybridized carbons (Fsp3) is 0.190. The van der Waals surface area contributed by atoms with Gasteiger partial charge < -0.3 is 10.6 Å². The van der Waals surface area contributed by atoms with Crippen LogP contribution in [0.3, 0.4) is 0 Å². The highest BCUT2D eigenvalue weighted by molar-refractivity contribution is 6.03. The van der Waals surface area contributed by atoms with Gasteiger partial charge in [0.1, 0.15) is 23.2 Å². The summed E-state index contributed by atoms with van der Waals surface area (Å²) >= 11 is 0. The molecule has 1 heterocycles. The van der Waals surface area contributed by atoms with Crippen molar-refractivity contribution in [2.75, 3.05) is 17.2 Å². The Balaban J connectivity index is 1.60. The first-order valence-electron chi connectivity index (χ1n) is 8.81. The number of anilines is 2. The number of nitrogens with one attached hydrogen (secondary N) is 2. The van der Waals surface area contributed by atoms with Crippen molar-refractivity contribution in [3.05, 3.63) is 83.6 Å². The molecule has 0 fully saturated rings. The maximum Gasteiger partial charge on any atom is 0.274 e. The molecule has 0 aliphatic carbocycles. The highest BCUT2D eigenvalue weighted by atomic mass is 19.1. The molecule has 0 aliphatic rings. The summed E-state index contributed by atoms with van der Waals surface area (Å²) in [5.41, 5.74) is 1.59. The van der Waals surface area contributed by atoms with Crippen molar-refractivity contribution >= 4 is 17.4 Å². The van der Waals surface area contributed by atoms with Crippen molar-refractivity contribution in [3.63, 3.8) is 0 Å². The number of aryl methyl sites for hydroxylation is 2. The molecule has 0 atom stereocenters. The van der Waals surface area contributed by atoms with E-state index in [2.05, 4.69) is 32.7 Å². The van der Waals surface area contributed by atoms with Gasteiger partial charge in [0.2, 0.25) is 0 Å². The maximum absolute atomic E-state index is 13.7. The van der Waals surface area contributed by atoms with Crippen molar-refractivity contribution in [1.82, 2.24) is 9.97 Å². The molecule has 0 spiro atoms. The van der Waals surface area contributed by atoms with Crippen molar-refractivity contribution < 1.29 is 9.18 Å². The molecule has 0 aliphatic heterocycles. The second-order valence-corrected chi connectivity index (χ2v) is 6.14. The minimum absolute atomic E-state index is 0.121. The van der Waals surface area contributed by atoms with E-state index in [1.165, 1.54) is 17.7 Å². The normalized spacial score (nSPS) is 10.4. The van der Waals surface area contributed by atoms with Gasteiger partial charge in [-0.25, -0.2) is 14.4 Å². The quantitative estimate of drug-likeness (QED) is 0.616. The molecule has 1 aromatic heterocycles. The number of carbonyl (C=O) groups excluding carboxylic acids is 1. The fourth-order valence-corrected chi connectivity index (χ4v) is 2.68. The largest absolute Gasteiger partial charge is 0.370 e. The molecule has 138 valence electrons. The van der Waals surface area contributed by atoms with Crippen LogP contribution >= 0.6 is 0 Å². The van der Waals surface area contributed by atoms with Crippen molar-refractivity contribution in [1.29, 1.82) is 0 Å². The van der Waals surface area contributed by atoms with Crippen LogP contribution in [0.2, 0.25) is 0 Å². The third-order valence-corrected chi connectivity index (χ3v) is 3.98. The summed E-state index contributed by atoms with van der Waals surface area (Å²) in [7, 11) is 0. The molecule has 0 unspecified atom stereocenters. The summed E-state index contributed by atoms with van der Waals surface area (Å²) in [6.07, 6.45) is 1.89. The Hall–Kier alpha value is -3.28. The Morgan fingerprint density at radius 2 is 1.78 bits per heavy atom. The number of amides is 1. The van der Waals surface area contributed by atoms with Crippen LogP contribution in [0.15, 0.2) is 60.7 Å². The van der Waals surface area contributed by atoms with Gasteiger partial charge in [-0.05, 0) is 37.5 Å². The summed E-state index contributed by atoms with van der Waals surface area (Å²) in [4.78, 5) is 20.8. The molecule has 0 bridgehead atoms. The maximum atomic E-state index is 13.7. The first-order chi connectivity index (χ1) is 13.1. The third kappa shape index (κ3) is 5.34. The number of benzene rings is 2. The number of rotatable bonds is 7. The van der Waals surface area contributed by atoms with E-state index in [1.807, 2.05) is 18.2 Å². The van der Waals surface area contributed by atoms with Gasteiger partial charge in [-0.15, -0.1) is 0 Å². The highest BCUT2D eigenvalue weighted by Gasteiger charge is 2.12. The monoisotopic (exact) mass is 364 g/mol. The lowest BCUT2D eigenvalue weighted by atomic mass is 10.1. The average molecular weight is 364 g/mol. The van der Waals surface area contributed by atoms with Gasteiger partial charge in [0.25, 0.3) is 5.91 Å². The zero-order chi connectivity index (χ0) is 19.1. The molecule has 6 heteroatoms. The minimum atomic E-state index is -0.490. The molecule has 0 saturated carbocycles. The zero-order valence-corrected chi connectivity index (χ0v) is 15.1. The number of hydrogen-bond acceptors (Lipinski definition) is 4. The number of hydrogen-bond donors (Lipinski definition) is 2. The molecule has 3 aromatic rings. The van der Waals surface area contributed by atoms with Gasteiger partial charge in [0, 0.05) is 12.6 Å². The number of aromatic nitrogens is 2. The first kappa shape index (κ1) is 18.5. The molecule has 5 nitrogen and oxygen atoms in total. The Bertz CT molecular complexity index is 915. The van der Waals surface area contributed by atoms with Crippen LogP contribution in [0, 0.1) is 12.7 Å². The van der Waals surface area contributed by atoms with E-state index in [0.29, 0.717) is 11.6 Å². The van der Waals surface area contributed by atoms with Crippen molar-refractivity contribution in [2.45, 2.75) is 19.8 Å². The summed E-state index contributed by atoms with van der Waals surface area (Å²) in [6, 6.07) is 17.8. The van der Waals surface area contributed by atoms with Gasteiger partial charge >= 0.3 is 0 Å². The van der Waals surface area contributed by atoms with E-state index in [9.17, 15) is 9.18 Å². The summed E-state index contributed by atoms with van der Waals surface area (Å²) in [5, 5.41) is 5.76. The van der Waals surface area contributed by atoms with E-state index < -0.39 is 11.7 Å². The molecule has 3 rings (SSSR count). The van der Waals surface area contributed by atoms with E-state index in [0.717, 1.165) is 19.4 Å². The zero-order valence-electron chi connectivity index (χ0n) is 15.1. The Morgan fingerprint density at radius 1 is 1.04 bits per heavy atom. The second kappa shape index (κ2) is 8.89. The average Bonchev–Trinajstić information content (AvgIpc) is 2.67. The number of carbonyl (C=O) groups is 1. The summed E-state index contributed by atoms with van der Waals surface area (Å²) < 4.78 is 13.7. The smallest absolute Gasteiger partial charge is 0.274 e. The van der Waals surface area contributed by atoms with Crippen LogP contribution in [-0.2, 0) is 6.42 Å². The van der Waals surface area contributed by atoms with Crippen LogP contribution in [-0.4, -0.2) is 22.4 Å². The molecule has 0 radical (unpaired) electrons. The lowest BCUT2D eigenvalue weighted by Gasteiger charge is -2.10.